The van der Waals surface area contributed by atoms with Crippen molar-refractivity contribution in [2.45, 2.75) is 20.3 Å². The molecule has 0 aliphatic carbocycles. The molecular weight excluding hydrogens is 196 g/mol. The van der Waals surface area contributed by atoms with Crippen LogP contribution >= 0.6 is 11.6 Å². The SMILES string of the molecule is COc1ccccc1CC(C)(C)CCl. The molecule has 78 valence electrons. The van der Waals surface area contributed by atoms with Gasteiger partial charge >= 0.3 is 0 Å². The summed E-state index contributed by atoms with van der Waals surface area (Å²) >= 11 is 5.90. The predicted molar refractivity (Wildman–Crippen MR) is 61.2 cm³/mol. The molecule has 1 aromatic carbocycles. The maximum Gasteiger partial charge on any atom is 0.122 e. The summed E-state index contributed by atoms with van der Waals surface area (Å²) in [6.07, 6.45) is 0.945. The van der Waals surface area contributed by atoms with Gasteiger partial charge in [0.2, 0.25) is 0 Å². The molecule has 1 aromatic rings. The third-order valence-corrected chi connectivity index (χ3v) is 2.95. The first-order valence-electron chi connectivity index (χ1n) is 4.77. The lowest BCUT2D eigenvalue weighted by Gasteiger charge is -2.22. The molecule has 0 aliphatic heterocycles. The number of benzene rings is 1. The minimum absolute atomic E-state index is 0.121. The molecule has 14 heavy (non-hydrogen) atoms. The number of hydrogen-bond donors (Lipinski definition) is 0. The first-order chi connectivity index (χ1) is 6.59. The van der Waals surface area contributed by atoms with E-state index in [-0.39, 0.29) is 5.41 Å². The highest BCUT2D eigenvalue weighted by atomic mass is 35.5. The van der Waals surface area contributed by atoms with Crippen LogP contribution in [0, 0.1) is 5.41 Å². The monoisotopic (exact) mass is 212 g/mol. The Morgan fingerprint density at radius 3 is 2.50 bits per heavy atom. The minimum Gasteiger partial charge on any atom is -0.496 e. The zero-order chi connectivity index (χ0) is 10.6. The molecule has 0 N–H and O–H groups in total. The minimum atomic E-state index is 0.121. The van der Waals surface area contributed by atoms with Crippen molar-refractivity contribution >= 4 is 11.6 Å². The fraction of sp³-hybridized carbons (Fsp3) is 0.500. The smallest absolute Gasteiger partial charge is 0.122 e. The maximum absolute atomic E-state index is 5.90. The van der Waals surface area contributed by atoms with Gasteiger partial charge < -0.3 is 4.74 Å². The van der Waals surface area contributed by atoms with E-state index in [1.807, 2.05) is 18.2 Å². The molecule has 0 heterocycles. The van der Waals surface area contributed by atoms with E-state index in [0.29, 0.717) is 5.88 Å². The van der Waals surface area contributed by atoms with Gasteiger partial charge in [0.1, 0.15) is 5.75 Å². The largest absolute Gasteiger partial charge is 0.496 e. The van der Waals surface area contributed by atoms with Crippen LogP contribution in [0.3, 0.4) is 0 Å². The molecule has 0 radical (unpaired) electrons. The van der Waals surface area contributed by atoms with E-state index in [0.717, 1.165) is 12.2 Å². The van der Waals surface area contributed by atoms with Gasteiger partial charge in [0.05, 0.1) is 7.11 Å². The van der Waals surface area contributed by atoms with Crippen LogP contribution in [-0.2, 0) is 6.42 Å². The van der Waals surface area contributed by atoms with Crippen molar-refractivity contribution in [2.75, 3.05) is 13.0 Å². The number of para-hydroxylation sites is 1. The lowest BCUT2D eigenvalue weighted by atomic mass is 9.87. The lowest BCUT2D eigenvalue weighted by molar-refractivity contribution is 0.382. The van der Waals surface area contributed by atoms with Gasteiger partial charge in [-0.3, -0.25) is 0 Å². The van der Waals surface area contributed by atoms with Crippen molar-refractivity contribution in [1.29, 1.82) is 0 Å². The fourth-order valence-electron chi connectivity index (χ4n) is 1.41. The Balaban J connectivity index is 2.85. The fourth-order valence-corrected chi connectivity index (χ4v) is 1.51. The number of rotatable bonds is 4. The van der Waals surface area contributed by atoms with Crippen molar-refractivity contribution in [1.82, 2.24) is 0 Å². The number of alkyl halides is 1. The Morgan fingerprint density at radius 1 is 1.29 bits per heavy atom. The highest BCUT2D eigenvalue weighted by Crippen LogP contribution is 2.28. The summed E-state index contributed by atoms with van der Waals surface area (Å²) in [6, 6.07) is 8.09. The summed E-state index contributed by atoms with van der Waals surface area (Å²) < 4.78 is 5.29. The van der Waals surface area contributed by atoms with Crippen LogP contribution < -0.4 is 4.74 Å². The van der Waals surface area contributed by atoms with Gasteiger partial charge in [-0.2, -0.15) is 0 Å². The summed E-state index contributed by atoms with van der Waals surface area (Å²) in [5, 5.41) is 0. The zero-order valence-corrected chi connectivity index (χ0v) is 9.77. The lowest BCUT2D eigenvalue weighted by Crippen LogP contribution is -2.17. The zero-order valence-electron chi connectivity index (χ0n) is 9.01. The molecule has 0 saturated heterocycles. The van der Waals surface area contributed by atoms with Crippen LogP contribution in [0.1, 0.15) is 19.4 Å². The van der Waals surface area contributed by atoms with Crippen LogP contribution in [0.15, 0.2) is 24.3 Å². The first-order valence-corrected chi connectivity index (χ1v) is 5.30. The van der Waals surface area contributed by atoms with Gasteiger partial charge in [0.15, 0.2) is 0 Å². The average molecular weight is 213 g/mol. The molecule has 0 spiro atoms. The molecule has 0 atom stereocenters. The second kappa shape index (κ2) is 4.70. The Labute approximate surface area is 91.0 Å². The first kappa shape index (κ1) is 11.4. The van der Waals surface area contributed by atoms with Crippen LogP contribution in [-0.4, -0.2) is 13.0 Å². The number of methoxy groups -OCH3 is 1. The third kappa shape index (κ3) is 2.91. The molecule has 2 heteroatoms. The quantitative estimate of drug-likeness (QED) is 0.695. The van der Waals surface area contributed by atoms with Crippen molar-refractivity contribution in [3.63, 3.8) is 0 Å². The van der Waals surface area contributed by atoms with Crippen molar-refractivity contribution < 1.29 is 4.74 Å². The molecule has 1 rings (SSSR count). The second-order valence-electron chi connectivity index (χ2n) is 4.29. The summed E-state index contributed by atoms with van der Waals surface area (Å²) in [6.45, 7) is 4.32. The highest BCUT2D eigenvalue weighted by Gasteiger charge is 2.18. The molecule has 0 fully saturated rings. The number of halogens is 1. The van der Waals surface area contributed by atoms with Gasteiger partial charge in [-0.05, 0) is 23.5 Å². The second-order valence-corrected chi connectivity index (χ2v) is 4.55. The van der Waals surface area contributed by atoms with E-state index in [1.54, 1.807) is 7.11 Å². The van der Waals surface area contributed by atoms with Crippen LogP contribution in [0.2, 0.25) is 0 Å². The molecule has 0 aromatic heterocycles. The molecule has 0 unspecified atom stereocenters. The summed E-state index contributed by atoms with van der Waals surface area (Å²) in [5.41, 5.74) is 1.34. The van der Waals surface area contributed by atoms with E-state index in [2.05, 4.69) is 19.9 Å². The van der Waals surface area contributed by atoms with E-state index in [1.165, 1.54) is 5.56 Å². The van der Waals surface area contributed by atoms with Gasteiger partial charge in [0.25, 0.3) is 0 Å². The third-order valence-electron chi connectivity index (χ3n) is 2.22. The van der Waals surface area contributed by atoms with Crippen LogP contribution in [0.25, 0.3) is 0 Å². The molecule has 1 nitrogen and oxygen atoms in total. The standard InChI is InChI=1S/C12H17ClO/c1-12(2,9-13)8-10-6-4-5-7-11(10)14-3/h4-7H,8-9H2,1-3H3. The Hall–Kier alpha value is -0.690. The maximum atomic E-state index is 5.90. The van der Waals surface area contributed by atoms with Crippen molar-refractivity contribution in [2.24, 2.45) is 5.41 Å². The van der Waals surface area contributed by atoms with Crippen LogP contribution in [0.4, 0.5) is 0 Å². The number of ether oxygens (including phenoxy) is 1. The molecular formula is C12H17ClO. The predicted octanol–water partition coefficient (Wildman–Crippen LogP) is 3.50. The van der Waals surface area contributed by atoms with Gasteiger partial charge in [0, 0.05) is 5.88 Å². The highest BCUT2D eigenvalue weighted by molar-refractivity contribution is 6.18. The summed E-state index contributed by atoms with van der Waals surface area (Å²) in [4.78, 5) is 0. The summed E-state index contributed by atoms with van der Waals surface area (Å²) in [5.74, 6) is 1.61. The van der Waals surface area contributed by atoms with E-state index < -0.39 is 0 Å². The van der Waals surface area contributed by atoms with Gasteiger partial charge in [-0.25, -0.2) is 0 Å². The average Bonchev–Trinajstić information content (AvgIpc) is 2.18. The Morgan fingerprint density at radius 2 is 1.93 bits per heavy atom. The molecule has 0 saturated carbocycles. The normalized spacial score (nSPS) is 11.4. The van der Waals surface area contributed by atoms with E-state index >= 15 is 0 Å². The topological polar surface area (TPSA) is 9.23 Å². The Kier molecular flexibility index (Phi) is 3.82. The van der Waals surface area contributed by atoms with Crippen molar-refractivity contribution in [3.05, 3.63) is 29.8 Å². The molecule has 0 amide bonds. The Bertz CT molecular complexity index is 294. The van der Waals surface area contributed by atoms with Crippen molar-refractivity contribution in [3.8, 4) is 5.75 Å². The van der Waals surface area contributed by atoms with Crippen LogP contribution in [0.5, 0.6) is 5.75 Å². The molecule has 0 aliphatic rings. The van der Waals surface area contributed by atoms with Gasteiger partial charge in [-0.15, -0.1) is 11.6 Å². The molecule has 0 bridgehead atoms. The number of hydrogen-bond acceptors (Lipinski definition) is 1. The van der Waals surface area contributed by atoms with E-state index in [4.69, 9.17) is 16.3 Å². The summed E-state index contributed by atoms with van der Waals surface area (Å²) in [7, 11) is 1.70. The van der Waals surface area contributed by atoms with Gasteiger partial charge in [-0.1, -0.05) is 32.0 Å². The van der Waals surface area contributed by atoms with E-state index in [9.17, 15) is 0 Å².